The summed E-state index contributed by atoms with van der Waals surface area (Å²) < 4.78 is 33.5. The summed E-state index contributed by atoms with van der Waals surface area (Å²) in [5, 5.41) is 0. The van der Waals surface area contributed by atoms with Crippen LogP contribution in [-0.2, 0) is 21.3 Å². The lowest BCUT2D eigenvalue weighted by atomic mass is 10.1. The minimum Gasteiger partial charge on any atom is -0.462 e. The first-order chi connectivity index (χ1) is 12.8. The Kier molecular flexibility index (Phi) is 6.03. The largest absolute Gasteiger partial charge is 0.462 e. The minimum atomic E-state index is -3.70. The highest BCUT2D eigenvalue weighted by atomic mass is 79.9. The molecule has 7 heteroatoms. The number of sulfonamides is 1. The van der Waals surface area contributed by atoms with Crippen LogP contribution in [0.1, 0.15) is 41.3 Å². The molecule has 0 unspecified atom stereocenters. The molecule has 1 aliphatic carbocycles. The zero-order chi connectivity index (χ0) is 19.6. The van der Waals surface area contributed by atoms with E-state index in [0.29, 0.717) is 16.6 Å². The van der Waals surface area contributed by atoms with Gasteiger partial charge in [0.1, 0.15) is 0 Å². The molecular formula is C20H22BrNO4S. The molecule has 1 aliphatic rings. The first-order valence-electron chi connectivity index (χ1n) is 8.87. The van der Waals surface area contributed by atoms with Gasteiger partial charge >= 0.3 is 5.97 Å². The van der Waals surface area contributed by atoms with Gasteiger partial charge in [-0.2, -0.15) is 4.31 Å². The average molecular weight is 452 g/mol. The Morgan fingerprint density at radius 3 is 2.41 bits per heavy atom. The third-order valence-electron chi connectivity index (χ3n) is 4.44. The summed E-state index contributed by atoms with van der Waals surface area (Å²) in [5.74, 6) is -0.471. The zero-order valence-electron chi connectivity index (χ0n) is 15.3. The summed E-state index contributed by atoms with van der Waals surface area (Å²) in [4.78, 5) is 12.0. The fourth-order valence-corrected chi connectivity index (χ4v) is 5.54. The van der Waals surface area contributed by atoms with Crippen LogP contribution in [-0.4, -0.2) is 31.3 Å². The lowest BCUT2D eigenvalue weighted by Gasteiger charge is -2.23. The molecule has 5 nitrogen and oxygen atoms in total. The Balaban J connectivity index is 1.90. The second-order valence-electron chi connectivity index (χ2n) is 6.63. The van der Waals surface area contributed by atoms with Gasteiger partial charge in [-0.15, -0.1) is 0 Å². The molecule has 1 saturated carbocycles. The summed E-state index contributed by atoms with van der Waals surface area (Å²) >= 11 is 3.32. The molecule has 0 amide bonds. The number of carbonyl (C=O) groups is 1. The topological polar surface area (TPSA) is 63.7 Å². The smallest absolute Gasteiger partial charge is 0.338 e. The Hall–Kier alpha value is -1.70. The summed E-state index contributed by atoms with van der Waals surface area (Å²) in [7, 11) is -3.70. The van der Waals surface area contributed by atoms with Crippen molar-refractivity contribution in [2.24, 2.45) is 0 Å². The average Bonchev–Trinajstić information content (AvgIpc) is 3.45. The van der Waals surface area contributed by atoms with E-state index >= 15 is 0 Å². The minimum absolute atomic E-state index is 0.0212. The van der Waals surface area contributed by atoms with E-state index in [2.05, 4.69) is 15.9 Å². The van der Waals surface area contributed by atoms with Gasteiger partial charge in [-0.1, -0.05) is 29.8 Å². The van der Waals surface area contributed by atoms with Crippen LogP contribution < -0.4 is 0 Å². The molecule has 3 rings (SSSR count). The van der Waals surface area contributed by atoms with Crippen LogP contribution in [0.2, 0.25) is 0 Å². The first kappa shape index (κ1) is 20.0. The summed E-state index contributed by atoms with van der Waals surface area (Å²) in [5.41, 5.74) is 2.41. The molecule has 144 valence electrons. The first-order valence-corrected chi connectivity index (χ1v) is 11.1. The Bertz CT molecular complexity index is 937. The molecule has 0 spiro atoms. The predicted molar refractivity (Wildman–Crippen MR) is 107 cm³/mol. The molecule has 2 aromatic rings. The van der Waals surface area contributed by atoms with E-state index in [1.807, 2.05) is 31.2 Å². The Morgan fingerprint density at radius 2 is 1.85 bits per heavy atom. The maximum absolute atomic E-state index is 13.3. The van der Waals surface area contributed by atoms with E-state index in [-0.39, 0.29) is 17.5 Å². The molecule has 0 aromatic heterocycles. The highest BCUT2D eigenvalue weighted by Crippen LogP contribution is 2.36. The second kappa shape index (κ2) is 8.12. The number of carbonyl (C=O) groups excluding carboxylic acids is 1. The van der Waals surface area contributed by atoms with Crippen LogP contribution in [0.25, 0.3) is 0 Å². The monoisotopic (exact) mass is 451 g/mol. The maximum atomic E-state index is 13.3. The van der Waals surface area contributed by atoms with Gasteiger partial charge in [-0.3, -0.25) is 0 Å². The van der Waals surface area contributed by atoms with Crippen molar-refractivity contribution >= 4 is 31.9 Å². The second-order valence-corrected chi connectivity index (χ2v) is 9.35. The van der Waals surface area contributed by atoms with Crippen molar-refractivity contribution in [3.63, 3.8) is 0 Å². The molecule has 0 saturated heterocycles. The highest BCUT2D eigenvalue weighted by Gasteiger charge is 2.39. The Morgan fingerprint density at radius 1 is 1.19 bits per heavy atom. The number of halogens is 1. The van der Waals surface area contributed by atoms with Crippen molar-refractivity contribution in [3.8, 4) is 0 Å². The highest BCUT2D eigenvalue weighted by molar-refractivity contribution is 9.10. The molecule has 0 radical (unpaired) electrons. The zero-order valence-corrected chi connectivity index (χ0v) is 17.7. The van der Waals surface area contributed by atoms with Crippen LogP contribution in [0, 0.1) is 6.92 Å². The third-order valence-corrected chi connectivity index (χ3v) is 7.32. The predicted octanol–water partition coefficient (Wildman–Crippen LogP) is 4.29. The maximum Gasteiger partial charge on any atom is 0.338 e. The van der Waals surface area contributed by atoms with E-state index in [9.17, 15) is 13.2 Å². The van der Waals surface area contributed by atoms with Gasteiger partial charge in [-0.25, -0.2) is 13.2 Å². The molecule has 0 aliphatic heterocycles. The fourth-order valence-electron chi connectivity index (χ4n) is 2.82. The number of benzene rings is 2. The number of rotatable bonds is 7. The van der Waals surface area contributed by atoms with E-state index in [1.165, 1.54) is 18.2 Å². The normalized spacial score (nSPS) is 14.4. The lowest BCUT2D eigenvalue weighted by molar-refractivity contribution is 0.0526. The lowest BCUT2D eigenvalue weighted by Crippen LogP contribution is -2.33. The Labute approximate surface area is 168 Å². The molecule has 0 bridgehead atoms. The third kappa shape index (κ3) is 4.59. The van der Waals surface area contributed by atoms with Crippen LogP contribution >= 0.6 is 15.9 Å². The van der Waals surface area contributed by atoms with Crippen molar-refractivity contribution in [2.45, 2.75) is 44.2 Å². The quantitative estimate of drug-likeness (QED) is 0.588. The van der Waals surface area contributed by atoms with E-state index < -0.39 is 16.0 Å². The number of aryl methyl sites for hydroxylation is 1. The van der Waals surface area contributed by atoms with Crippen LogP contribution in [0.4, 0.5) is 0 Å². The SMILES string of the molecule is CCOC(=O)c1ccc(S(=O)(=O)N(Cc2ccc(C)cc2)C2CC2)c(Br)c1. The number of nitrogens with zero attached hydrogens (tertiary/aromatic N) is 1. The van der Waals surface area contributed by atoms with Gasteiger partial charge in [0.15, 0.2) is 0 Å². The fraction of sp³-hybridized carbons (Fsp3) is 0.350. The van der Waals surface area contributed by atoms with Gasteiger partial charge < -0.3 is 4.74 Å². The number of ether oxygens (including phenoxy) is 1. The van der Waals surface area contributed by atoms with Crippen molar-refractivity contribution in [1.82, 2.24) is 4.31 Å². The van der Waals surface area contributed by atoms with E-state index in [1.54, 1.807) is 11.2 Å². The number of hydrogen-bond donors (Lipinski definition) is 0. The van der Waals surface area contributed by atoms with Crippen molar-refractivity contribution in [1.29, 1.82) is 0 Å². The molecule has 0 atom stereocenters. The molecule has 1 fully saturated rings. The summed E-state index contributed by atoms with van der Waals surface area (Å²) in [6.45, 7) is 4.33. The van der Waals surface area contributed by atoms with E-state index in [0.717, 1.165) is 24.0 Å². The van der Waals surface area contributed by atoms with Gasteiger partial charge in [0.05, 0.1) is 17.1 Å². The van der Waals surface area contributed by atoms with Gasteiger partial charge in [0, 0.05) is 17.1 Å². The molecule has 27 heavy (non-hydrogen) atoms. The summed E-state index contributed by atoms with van der Waals surface area (Å²) in [6.07, 6.45) is 1.73. The van der Waals surface area contributed by atoms with Crippen LogP contribution in [0.5, 0.6) is 0 Å². The van der Waals surface area contributed by atoms with Crippen molar-refractivity contribution in [3.05, 3.63) is 63.6 Å². The molecule has 2 aromatic carbocycles. The number of esters is 1. The molecule has 0 N–H and O–H groups in total. The van der Waals surface area contributed by atoms with Crippen LogP contribution in [0.3, 0.4) is 0 Å². The van der Waals surface area contributed by atoms with Gasteiger partial charge in [-0.05, 0) is 66.4 Å². The van der Waals surface area contributed by atoms with Gasteiger partial charge in [0.2, 0.25) is 10.0 Å². The standard InChI is InChI=1S/C20H22BrNO4S/c1-3-26-20(23)16-8-11-19(18(21)12-16)27(24,25)22(17-9-10-17)13-15-6-4-14(2)5-7-15/h4-8,11-12,17H,3,9-10,13H2,1-2H3. The summed E-state index contributed by atoms with van der Waals surface area (Å²) in [6, 6.07) is 12.4. The van der Waals surface area contributed by atoms with Crippen molar-refractivity contribution < 1.29 is 17.9 Å². The van der Waals surface area contributed by atoms with Gasteiger partial charge in [0.25, 0.3) is 0 Å². The van der Waals surface area contributed by atoms with Crippen LogP contribution in [0.15, 0.2) is 51.8 Å². The van der Waals surface area contributed by atoms with Crippen molar-refractivity contribution in [2.75, 3.05) is 6.61 Å². The molecule has 0 heterocycles. The number of hydrogen-bond acceptors (Lipinski definition) is 4. The van der Waals surface area contributed by atoms with E-state index in [4.69, 9.17) is 4.74 Å². The molecular weight excluding hydrogens is 430 g/mol.